The molecule has 0 radical (unpaired) electrons. The molecule has 2 nitrogen and oxygen atoms in total. The Bertz CT molecular complexity index is 173. The Morgan fingerprint density at radius 2 is 1.82 bits per heavy atom. The molecular formula is C15H31NO. The molecule has 0 bridgehead atoms. The van der Waals surface area contributed by atoms with Crippen molar-refractivity contribution >= 4 is 0 Å². The van der Waals surface area contributed by atoms with Crippen molar-refractivity contribution < 1.29 is 4.74 Å². The van der Waals surface area contributed by atoms with Gasteiger partial charge in [-0.25, -0.2) is 0 Å². The highest BCUT2D eigenvalue weighted by molar-refractivity contribution is 4.85. The minimum Gasteiger partial charge on any atom is -0.377 e. The molecule has 2 heteroatoms. The van der Waals surface area contributed by atoms with Gasteiger partial charge >= 0.3 is 0 Å². The van der Waals surface area contributed by atoms with Crippen molar-refractivity contribution in [3.63, 3.8) is 0 Å². The van der Waals surface area contributed by atoms with E-state index < -0.39 is 0 Å². The monoisotopic (exact) mass is 241 g/mol. The largest absolute Gasteiger partial charge is 0.377 e. The molecule has 0 aromatic rings. The fourth-order valence-corrected chi connectivity index (χ4v) is 3.10. The van der Waals surface area contributed by atoms with Crippen LogP contribution in [0.1, 0.15) is 65.7 Å². The number of ether oxygens (including phenoxy) is 1. The molecule has 1 fully saturated rings. The van der Waals surface area contributed by atoms with E-state index in [0.29, 0.717) is 12.1 Å². The summed E-state index contributed by atoms with van der Waals surface area (Å²) in [6, 6.07) is 0.584. The lowest BCUT2D eigenvalue weighted by Gasteiger charge is -2.36. The maximum atomic E-state index is 5.94. The van der Waals surface area contributed by atoms with Crippen molar-refractivity contribution in [2.24, 2.45) is 5.92 Å². The summed E-state index contributed by atoms with van der Waals surface area (Å²) in [7, 11) is 0. The van der Waals surface area contributed by atoms with Crippen LogP contribution in [-0.4, -0.2) is 25.3 Å². The smallest absolute Gasteiger partial charge is 0.0727 e. The second-order valence-corrected chi connectivity index (χ2v) is 5.28. The zero-order chi connectivity index (χ0) is 12.5. The van der Waals surface area contributed by atoms with Crippen molar-refractivity contribution in [3.05, 3.63) is 0 Å². The second-order valence-electron chi connectivity index (χ2n) is 5.28. The molecule has 1 aliphatic rings. The molecule has 0 aromatic heterocycles. The van der Waals surface area contributed by atoms with Crippen LogP contribution in [0.2, 0.25) is 0 Å². The molecule has 1 rings (SSSR count). The maximum Gasteiger partial charge on any atom is 0.0727 e. The van der Waals surface area contributed by atoms with Gasteiger partial charge in [0.15, 0.2) is 0 Å². The average Bonchev–Trinajstić information content (AvgIpc) is 2.39. The molecule has 0 heterocycles. The first-order valence-corrected chi connectivity index (χ1v) is 7.68. The van der Waals surface area contributed by atoms with Crippen LogP contribution in [0.5, 0.6) is 0 Å². The highest BCUT2D eigenvalue weighted by Gasteiger charge is 2.29. The normalized spacial score (nSPS) is 21.4. The van der Waals surface area contributed by atoms with Crippen LogP contribution in [0.25, 0.3) is 0 Å². The summed E-state index contributed by atoms with van der Waals surface area (Å²) in [5.41, 5.74) is 0. The quantitative estimate of drug-likeness (QED) is 0.699. The number of hydrogen-bond donors (Lipinski definition) is 1. The van der Waals surface area contributed by atoms with Gasteiger partial charge in [-0.15, -0.1) is 0 Å². The standard InChI is InChI=1S/C15H31NO/c1-4-12-16-15(14(5-2)17-6-3)13-10-8-7-9-11-13/h13-16H,4-12H2,1-3H3. The van der Waals surface area contributed by atoms with Gasteiger partial charge in [0.2, 0.25) is 0 Å². The molecular weight excluding hydrogens is 210 g/mol. The Kier molecular flexibility index (Phi) is 7.87. The third kappa shape index (κ3) is 4.97. The first kappa shape index (κ1) is 15.0. The first-order valence-electron chi connectivity index (χ1n) is 7.68. The van der Waals surface area contributed by atoms with Crippen LogP contribution in [0, 0.1) is 5.92 Å². The summed E-state index contributed by atoms with van der Waals surface area (Å²) in [5.74, 6) is 0.840. The molecule has 0 aromatic carbocycles. The Hall–Kier alpha value is -0.0800. The van der Waals surface area contributed by atoms with E-state index >= 15 is 0 Å². The number of hydrogen-bond acceptors (Lipinski definition) is 2. The molecule has 2 unspecified atom stereocenters. The topological polar surface area (TPSA) is 21.3 Å². The predicted molar refractivity (Wildman–Crippen MR) is 74.4 cm³/mol. The van der Waals surface area contributed by atoms with Gasteiger partial charge in [-0.1, -0.05) is 33.1 Å². The second kappa shape index (κ2) is 8.93. The summed E-state index contributed by atoms with van der Waals surface area (Å²) in [6.45, 7) is 8.58. The summed E-state index contributed by atoms with van der Waals surface area (Å²) in [5, 5.41) is 3.75. The minimum atomic E-state index is 0.412. The van der Waals surface area contributed by atoms with Crippen molar-refractivity contribution in [2.45, 2.75) is 77.9 Å². The van der Waals surface area contributed by atoms with E-state index in [1.165, 1.54) is 38.5 Å². The Labute approximate surface area is 108 Å². The van der Waals surface area contributed by atoms with E-state index in [4.69, 9.17) is 4.74 Å². The van der Waals surface area contributed by atoms with Gasteiger partial charge in [-0.2, -0.15) is 0 Å². The molecule has 17 heavy (non-hydrogen) atoms. The Morgan fingerprint density at radius 1 is 1.12 bits per heavy atom. The van der Waals surface area contributed by atoms with Gasteiger partial charge in [0, 0.05) is 12.6 Å². The van der Waals surface area contributed by atoms with E-state index in [1.807, 2.05) is 0 Å². The highest BCUT2D eigenvalue weighted by atomic mass is 16.5. The summed E-state index contributed by atoms with van der Waals surface area (Å²) in [6.07, 6.45) is 9.81. The number of rotatable bonds is 8. The van der Waals surface area contributed by atoms with E-state index in [-0.39, 0.29) is 0 Å². The highest BCUT2D eigenvalue weighted by Crippen LogP contribution is 2.29. The molecule has 0 spiro atoms. The van der Waals surface area contributed by atoms with Crippen LogP contribution in [0.3, 0.4) is 0 Å². The van der Waals surface area contributed by atoms with E-state index in [9.17, 15) is 0 Å². The van der Waals surface area contributed by atoms with Crippen LogP contribution in [-0.2, 0) is 4.74 Å². The van der Waals surface area contributed by atoms with Gasteiger partial charge in [-0.05, 0) is 45.1 Å². The van der Waals surface area contributed by atoms with Crippen molar-refractivity contribution in [1.29, 1.82) is 0 Å². The first-order chi connectivity index (χ1) is 8.33. The summed E-state index contributed by atoms with van der Waals surface area (Å²) >= 11 is 0. The van der Waals surface area contributed by atoms with Gasteiger partial charge < -0.3 is 10.1 Å². The molecule has 0 saturated heterocycles. The van der Waals surface area contributed by atoms with Crippen molar-refractivity contribution in [1.82, 2.24) is 5.32 Å². The molecule has 2 atom stereocenters. The lowest BCUT2D eigenvalue weighted by molar-refractivity contribution is 0.00932. The Balaban J connectivity index is 2.55. The molecule has 0 amide bonds. The molecule has 102 valence electrons. The SMILES string of the molecule is CCCNC(C1CCCCC1)C(CC)OCC. The zero-order valence-electron chi connectivity index (χ0n) is 12.0. The lowest BCUT2D eigenvalue weighted by atomic mass is 9.81. The van der Waals surface area contributed by atoms with E-state index in [0.717, 1.165) is 25.5 Å². The van der Waals surface area contributed by atoms with Crippen LogP contribution in [0.15, 0.2) is 0 Å². The minimum absolute atomic E-state index is 0.412. The van der Waals surface area contributed by atoms with Crippen LogP contribution in [0.4, 0.5) is 0 Å². The average molecular weight is 241 g/mol. The van der Waals surface area contributed by atoms with Gasteiger partial charge in [0.1, 0.15) is 0 Å². The molecule has 1 N–H and O–H groups in total. The van der Waals surface area contributed by atoms with Gasteiger partial charge in [0.05, 0.1) is 6.10 Å². The summed E-state index contributed by atoms with van der Waals surface area (Å²) in [4.78, 5) is 0. The van der Waals surface area contributed by atoms with Crippen molar-refractivity contribution in [3.8, 4) is 0 Å². The third-order valence-electron chi connectivity index (χ3n) is 3.97. The van der Waals surface area contributed by atoms with Gasteiger partial charge in [0.25, 0.3) is 0 Å². The fraction of sp³-hybridized carbons (Fsp3) is 1.00. The van der Waals surface area contributed by atoms with E-state index in [2.05, 4.69) is 26.1 Å². The summed E-state index contributed by atoms with van der Waals surface area (Å²) < 4.78 is 5.94. The predicted octanol–water partition coefficient (Wildman–Crippen LogP) is 3.75. The molecule has 1 aliphatic carbocycles. The zero-order valence-corrected chi connectivity index (χ0v) is 12.0. The molecule has 0 aliphatic heterocycles. The third-order valence-corrected chi connectivity index (χ3v) is 3.97. The fourth-order valence-electron chi connectivity index (χ4n) is 3.10. The maximum absolute atomic E-state index is 5.94. The lowest BCUT2D eigenvalue weighted by Crippen LogP contribution is -2.47. The van der Waals surface area contributed by atoms with Crippen LogP contribution >= 0.6 is 0 Å². The van der Waals surface area contributed by atoms with Crippen LogP contribution < -0.4 is 5.32 Å². The molecule has 1 saturated carbocycles. The van der Waals surface area contributed by atoms with E-state index in [1.54, 1.807) is 0 Å². The van der Waals surface area contributed by atoms with Gasteiger partial charge in [-0.3, -0.25) is 0 Å². The van der Waals surface area contributed by atoms with Crippen molar-refractivity contribution in [2.75, 3.05) is 13.2 Å². The number of nitrogens with one attached hydrogen (secondary N) is 1. The Morgan fingerprint density at radius 3 is 2.35 bits per heavy atom.